The fourth-order valence-electron chi connectivity index (χ4n) is 3.31. The Morgan fingerprint density at radius 3 is 2.61 bits per heavy atom. The smallest absolute Gasteiger partial charge is 0.135 e. The number of pyridine rings is 2. The number of para-hydroxylation sites is 1. The number of anilines is 4. The van der Waals surface area contributed by atoms with Crippen molar-refractivity contribution >= 4 is 34.6 Å². The van der Waals surface area contributed by atoms with E-state index in [1.165, 1.54) is 0 Å². The third kappa shape index (κ3) is 4.85. The number of hydrogen-bond acceptors (Lipinski definition) is 6. The van der Waals surface area contributed by atoms with Gasteiger partial charge in [-0.05, 0) is 54.8 Å². The fraction of sp³-hybridized carbons (Fsp3) is 0.0800. The number of nitriles is 1. The van der Waals surface area contributed by atoms with E-state index < -0.39 is 0 Å². The van der Waals surface area contributed by atoms with Gasteiger partial charge in [0.05, 0.1) is 35.7 Å². The molecule has 2 heterocycles. The van der Waals surface area contributed by atoms with E-state index >= 15 is 0 Å². The van der Waals surface area contributed by atoms with Crippen LogP contribution >= 0.6 is 11.8 Å². The van der Waals surface area contributed by atoms with Gasteiger partial charge in [0, 0.05) is 28.5 Å². The summed E-state index contributed by atoms with van der Waals surface area (Å²) in [6.07, 6.45) is 7.43. The lowest BCUT2D eigenvalue weighted by Crippen LogP contribution is -2.18. The van der Waals surface area contributed by atoms with Crippen molar-refractivity contribution in [3.8, 4) is 6.07 Å². The minimum atomic E-state index is 0.568. The first-order chi connectivity index (χ1) is 15.3. The SMILES string of the molecule is CSc1ccccc1Nc1ncccc1CN(c1cccnc1)c1cccc(C#N)c1. The predicted octanol–water partition coefficient (Wildman–Crippen LogP) is 6.15. The van der Waals surface area contributed by atoms with Gasteiger partial charge >= 0.3 is 0 Å². The number of thioether (sulfide) groups is 1. The molecule has 0 saturated carbocycles. The van der Waals surface area contributed by atoms with Crippen molar-refractivity contribution < 1.29 is 0 Å². The van der Waals surface area contributed by atoms with Crippen LogP contribution in [-0.2, 0) is 6.54 Å². The van der Waals surface area contributed by atoms with Crippen LogP contribution in [0.1, 0.15) is 11.1 Å². The lowest BCUT2D eigenvalue weighted by molar-refractivity contribution is 0.960. The molecule has 1 N–H and O–H groups in total. The molecular formula is C25H21N5S. The number of nitrogens with zero attached hydrogens (tertiary/aromatic N) is 4. The van der Waals surface area contributed by atoms with Crippen molar-refractivity contribution in [3.63, 3.8) is 0 Å². The molecule has 0 saturated heterocycles. The van der Waals surface area contributed by atoms with Gasteiger partial charge in [0.2, 0.25) is 0 Å². The van der Waals surface area contributed by atoms with Gasteiger partial charge in [-0.1, -0.05) is 24.3 Å². The molecule has 2 aromatic heterocycles. The third-order valence-corrected chi connectivity index (χ3v) is 5.62. The Morgan fingerprint density at radius 2 is 1.81 bits per heavy atom. The van der Waals surface area contributed by atoms with Crippen molar-refractivity contribution in [1.82, 2.24) is 9.97 Å². The van der Waals surface area contributed by atoms with Crippen LogP contribution in [-0.4, -0.2) is 16.2 Å². The minimum absolute atomic E-state index is 0.568. The highest BCUT2D eigenvalue weighted by Gasteiger charge is 2.15. The van der Waals surface area contributed by atoms with Crippen LogP contribution in [0.2, 0.25) is 0 Å². The van der Waals surface area contributed by atoms with Crippen LogP contribution in [0.5, 0.6) is 0 Å². The molecule has 4 rings (SSSR count). The lowest BCUT2D eigenvalue weighted by atomic mass is 10.1. The van der Waals surface area contributed by atoms with Crippen LogP contribution in [0.4, 0.5) is 22.9 Å². The first-order valence-electron chi connectivity index (χ1n) is 9.80. The molecule has 0 amide bonds. The molecule has 152 valence electrons. The first-order valence-corrected chi connectivity index (χ1v) is 11.0. The van der Waals surface area contributed by atoms with Crippen molar-refractivity contribution in [1.29, 1.82) is 5.26 Å². The zero-order valence-corrected chi connectivity index (χ0v) is 17.9. The van der Waals surface area contributed by atoms with Crippen LogP contribution in [0, 0.1) is 11.3 Å². The molecule has 6 heteroatoms. The lowest BCUT2D eigenvalue weighted by Gasteiger charge is -2.26. The third-order valence-electron chi connectivity index (χ3n) is 4.82. The highest BCUT2D eigenvalue weighted by molar-refractivity contribution is 7.98. The molecule has 0 spiro atoms. The Morgan fingerprint density at radius 1 is 0.968 bits per heavy atom. The molecule has 0 aliphatic heterocycles. The van der Waals surface area contributed by atoms with E-state index in [0.717, 1.165) is 33.3 Å². The van der Waals surface area contributed by atoms with E-state index in [4.69, 9.17) is 0 Å². The van der Waals surface area contributed by atoms with Gasteiger partial charge in [-0.3, -0.25) is 4.98 Å². The summed E-state index contributed by atoms with van der Waals surface area (Å²) in [5, 5.41) is 12.9. The highest BCUT2D eigenvalue weighted by Crippen LogP contribution is 2.32. The topological polar surface area (TPSA) is 64.8 Å². The van der Waals surface area contributed by atoms with Gasteiger partial charge in [-0.2, -0.15) is 5.26 Å². The molecule has 2 aromatic carbocycles. The van der Waals surface area contributed by atoms with Crippen molar-refractivity contribution in [2.75, 3.05) is 16.5 Å². The van der Waals surface area contributed by atoms with Crippen LogP contribution in [0.15, 0.2) is 96.3 Å². The second-order valence-electron chi connectivity index (χ2n) is 6.80. The first kappa shape index (κ1) is 20.5. The van der Waals surface area contributed by atoms with Crippen LogP contribution in [0.3, 0.4) is 0 Å². The Kier molecular flexibility index (Phi) is 6.46. The van der Waals surface area contributed by atoms with Crippen molar-refractivity contribution in [2.45, 2.75) is 11.4 Å². The zero-order valence-electron chi connectivity index (χ0n) is 17.1. The van der Waals surface area contributed by atoms with Crippen LogP contribution in [0.25, 0.3) is 0 Å². The summed E-state index contributed by atoms with van der Waals surface area (Å²) in [6, 6.07) is 25.9. The van der Waals surface area contributed by atoms with E-state index in [-0.39, 0.29) is 0 Å². The Balaban J connectivity index is 1.72. The summed E-state index contributed by atoms with van der Waals surface area (Å²) < 4.78 is 0. The molecule has 0 bridgehead atoms. The van der Waals surface area contributed by atoms with E-state index in [9.17, 15) is 5.26 Å². The zero-order chi connectivity index (χ0) is 21.5. The molecule has 0 fully saturated rings. The minimum Gasteiger partial charge on any atom is -0.339 e. The van der Waals surface area contributed by atoms with E-state index in [2.05, 4.69) is 50.7 Å². The summed E-state index contributed by atoms with van der Waals surface area (Å²) in [7, 11) is 0. The molecule has 31 heavy (non-hydrogen) atoms. The summed E-state index contributed by atoms with van der Waals surface area (Å²) in [6.45, 7) is 0.568. The number of aromatic nitrogens is 2. The molecule has 0 aliphatic carbocycles. The van der Waals surface area contributed by atoms with Gasteiger partial charge < -0.3 is 10.2 Å². The molecular weight excluding hydrogens is 402 g/mol. The van der Waals surface area contributed by atoms with Gasteiger partial charge in [-0.25, -0.2) is 4.98 Å². The monoisotopic (exact) mass is 423 g/mol. The fourth-order valence-corrected chi connectivity index (χ4v) is 3.87. The summed E-state index contributed by atoms with van der Waals surface area (Å²) in [4.78, 5) is 12.2. The maximum atomic E-state index is 9.36. The number of benzene rings is 2. The Hall–Kier alpha value is -3.82. The molecule has 5 nitrogen and oxygen atoms in total. The second-order valence-corrected chi connectivity index (χ2v) is 7.64. The van der Waals surface area contributed by atoms with E-state index in [1.807, 2.05) is 54.7 Å². The van der Waals surface area contributed by atoms with Gasteiger partial charge in [0.1, 0.15) is 5.82 Å². The average Bonchev–Trinajstić information content (AvgIpc) is 2.84. The largest absolute Gasteiger partial charge is 0.339 e. The van der Waals surface area contributed by atoms with Gasteiger partial charge in [0.25, 0.3) is 0 Å². The average molecular weight is 424 g/mol. The molecule has 0 radical (unpaired) electrons. The normalized spacial score (nSPS) is 10.3. The maximum Gasteiger partial charge on any atom is 0.135 e. The number of hydrogen-bond donors (Lipinski definition) is 1. The van der Waals surface area contributed by atoms with Crippen molar-refractivity contribution in [3.05, 3.63) is 103 Å². The summed E-state index contributed by atoms with van der Waals surface area (Å²) >= 11 is 1.69. The molecule has 0 aliphatic rings. The van der Waals surface area contributed by atoms with E-state index in [1.54, 1.807) is 30.2 Å². The highest BCUT2D eigenvalue weighted by atomic mass is 32.2. The molecule has 4 aromatic rings. The van der Waals surface area contributed by atoms with E-state index in [0.29, 0.717) is 12.1 Å². The Labute approximate surface area is 186 Å². The summed E-state index contributed by atoms with van der Waals surface area (Å²) in [5.41, 5.74) is 4.53. The predicted molar refractivity (Wildman–Crippen MR) is 127 cm³/mol. The standard InChI is InChI=1S/C25H21N5S/c1-31-24-12-3-2-11-23(24)29-25-20(8-5-14-28-25)18-30(22-10-6-13-27-17-22)21-9-4-7-19(15-21)16-26/h2-15,17H,18H2,1H3,(H,28,29). The molecule has 0 unspecified atom stereocenters. The molecule has 0 atom stereocenters. The number of rotatable bonds is 7. The summed E-state index contributed by atoms with van der Waals surface area (Å²) in [5.74, 6) is 0.800. The second kappa shape index (κ2) is 9.79. The Bertz CT molecular complexity index is 1200. The van der Waals surface area contributed by atoms with Gasteiger partial charge in [-0.15, -0.1) is 11.8 Å². The van der Waals surface area contributed by atoms with Gasteiger partial charge in [0.15, 0.2) is 0 Å². The number of nitrogens with one attached hydrogen (secondary N) is 1. The van der Waals surface area contributed by atoms with Crippen LogP contribution < -0.4 is 10.2 Å². The maximum absolute atomic E-state index is 9.36. The quantitative estimate of drug-likeness (QED) is 0.360. The van der Waals surface area contributed by atoms with Crippen molar-refractivity contribution in [2.24, 2.45) is 0 Å².